The van der Waals surface area contributed by atoms with E-state index in [4.69, 9.17) is 4.74 Å². The third kappa shape index (κ3) is 5.18. The molecule has 1 aromatic carbocycles. The van der Waals surface area contributed by atoms with Gasteiger partial charge in [-0.3, -0.25) is 0 Å². The summed E-state index contributed by atoms with van der Waals surface area (Å²) in [7, 11) is 1.89. The number of aromatic nitrogens is 2. The molecule has 0 aliphatic carbocycles. The van der Waals surface area contributed by atoms with E-state index in [-0.39, 0.29) is 18.2 Å². The highest BCUT2D eigenvalue weighted by atomic mass is 16.6. The molecule has 8 nitrogen and oxygen atoms in total. The third-order valence-electron chi connectivity index (χ3n) is 5.36. The van der Waals surface area contributed by atoms with Crippen molar-refractivity contribution >= 4 is 17.8 Å². The fourth-order valence-corrected chi connectivity index (χ4v) is 3.99. The van der Waals surface area contributed by atoms with Crippen molar-refractivity contribution in [3.8, 4) is 0 Å². The minimum atomic E-state index is -0.579. The van der Waals surface area contributed by atoms with Crippen molar-refractivity contribution in [3.63, 3.8) is 0 Å². The van der Waals surface area contributed by atoms with Gasteiger partial charge in [0.15, 0.2) is 0 Å². The number of carbonyl (C=O) groups is 2. The van der Waals surface area contributed by atoms with Crippen LogP contribution in [0.3, 0.4) is 0 Å². The number of nitrogens with one attached hydrogen (secondary N) is 1. The van der Waals surface area contributed by atoms with Crippen LogP contribution in [0.25, 0.3) is 0 Å². The lowest BCUT2D eigenvalue weighted by atomic mass is 10.1. The molecule has 31 heavy (non-hydrogen) atoms. The molecule has 168 valence electrons. The van der Waals surface area contributed by atoms with E-state index >= 15 is 0 Å². The van der Waals surface area contributed by atoms with E-state index in [1.807, 2.05) is 59.4 Å². The number of hydrogen-bond acceptors (Lipinski definition) is 4. The van der Waals surface area contributed by atoms with Gasteiger partial charge in [-0.25, -0.2) is 14.6 Å². The summed E-state index contributed by atoms with van der Waals surface area (Å²) < 4.78 is 7.43. The van der Waals surface area contributed by atoms with Crippen LogP contribution < -0.4 is 5.32 Å². The van der Waals surface area contributed by atoms with Crippen molar-refractivity contribution in [1.82, 2.24) is 19.4 Å². The Morgan fingerprint density at radius 3 is 2.32 bits per heavy atom. The van der Waals surface area contributed by atoms with Gasteiger partial charge >= 0.3 is 12.1 Å². The number of benzene rings is 1. The predicted octanol–water partition coefficient (Wildman–Crippen LogP) is 4.17. The first-order chi connectivity index (χ1) is 14.5. The minimum absolute atomic E-state index is 0.202. The Kier molecular flexibility index (Phi) is 6.29. The quantitative estimate of drug-likeness (QED) is 0.780. The molecule has 0 radical (unpaired) electrons. The lowest BCUT2D eigenvalue weighted by molar-refractivity contribution is 0.00862. The Labute approximate surface area is 184 Å². The molecule has 1 fully saturated rings. The number of urea groups is 1. The van der Waals surface area contributed by atoms with Crippen LogP contribution in [0.5, 0.6) is 0 Å². The summed E-state index contributed by atoms with van der Waals surface area (Å²) in [5.41, 5.74) is 3.44. The second kappa shape index (κ2) is 8.61. The Morgan fingerprint density at radius 2 is 1.77 bits per heavy atom. The molecular weight excluding hydrogens is 394 g/mol. The molecule has 0 spiro atoms. The van der Waals surface area contributed by atoms with Crippen molar-refractivity contribution in [1.29, 1.82) is 0 Å². The monoisotopic (exact) mass is 427 g/mol. The number of nitrogens with zero attached hydrogens (tertiary/aromatic N) is 4. The number of ether oxygens (including phenoxy) is 1. The smallest absolute Gasteiger partial charge is 0.410 e. The highest BCUT2D eigenvalue weighted by Gasteiger charge is 2.37. The Balaban J connectivity index is 1.85. The van der Waals surface area contributed by atoms with Gasteiger partial charge < -0.3 is 24.4 Å². The molecule has 2 aromatic rings. The normalized spacial score (nSPS) is 16.9. The number of piperazine rings is 1. The number of hydrogen-bond donors (Lipinski definition) is 1. The summed E-state index contributed by atoms with van der Waals surface area (Å²) in [5.74, 6) is 0.723. The molecule has 1 atom stereocenters. The van der Waals surface area contributed by atoms with Crippen LogP contribution in [0, 0.1) is 20.8 Å². The molecule has 1 aliphatic heterocycles. The van der Waals surface area contributed by atoms with Gasteiger partial charge in [-0.2, -0.15) is 0 Å². The maximum atomic E-state index is 13.3. The number of aryl methyl sites for hydroxylation is 4. The topological polar surface area (TPSA) is 79.7 Å². The highest BCUT2D eigenvalue weighted by molar-refractivity contribution is 5.91. The van der Waals surface area contributed by atoms with Gasteiger partial charge in [0.1, 0.15) is 17.5 Å². The Morgan fingerprint density at radius 1 is 1.13 bits per heavy atom. The van der Waals surface area contributed by atoms with Crippen molar-refractivity contribution in [3.05, 3.63) is 47.0 Å². The van der Waals surface area contributed by atoms with E-state index in [9.17, 15) is 9.59 Å². The number of amides is 3. The average molecular weight is 428 g/mol. The molecule has 2 heterocycles. The van der Waals surface area contributed by atoms with Gasteiger partial charge in [0.25, 0.3) is 0 Å². The second-order valence-electron chi connectivity index (χ2n) is 9.24. The summed E-state index contributed by atoms with van der Waals surface area (Å²) in [6.07, 6.45) is 3.16. The van der Waals surface area contributed by atoms with E-state index in [0.29, 0.717) is 19.6 Å². The zero-order valence-corrected chi connectivity index (χ0v) is 19.5. The van der Waals surface area contributed by atoms with E-state index < -0.39 is 5.60 Å². The number of rotatable bonds is 2. The number of imidazole rings is 1. The minimum Gasteiger partial charge on any atom is -0.444 e. The molecule has 0 unspecified atom stereocenters. The van der Waals surface area contributed by atoms with Gasteiger partial charge in [0, 0.05) is 38.2 Å². The van der Waals surface area contributed by atoms with Crippen LogP contribution in [0.1, 0.15) is 49.3 Å². The lowest BCUT2D eigenvalue weighted by Gasteiger charge is -2.41. The van der Waals surface area contributed by atoms with E-state index in [1.54, 1.807) is 16.0 Å². The standard InChI is InChI=1S/C23H33N5O3/c1-15-12-16(2)19(17(3)13-15)25-21(29)28-11-10-27(22(30)31-23(4,5)6)14-18(28)20-24-8-9-26(20)7/h8-9,12-13,18H,10-11,14H2,1-7H3,(H,25,29)/t18-/m1/s1. The van der Waals surface area contributed by atoms with Crippen LogP contribution in [-0.4, -0.2) is 56.7 Å². The maximum Gasteiger partial charge on any atom is 0.410 e. The van der Waals surface area contributed by atoms with E-state index in [1.165, 1.54) is 0 Å². The summed E-state index contributed by atoms with van der Waals surface area (Å²) in [4.78, 5) is 33.8. The molecule has 3 amide bonds. The van der Waals surface area contributed by atoms with Crippen molar-refractivity contribution in [2.45, 2.75) is 53.2 Å². The fraction of sp³-hybridized carbons (Fsp3) is 0.522. The third-order valence-corrected chi connectivity index (χ3v) is 5.36. The van der Waals surface area contributed by atoms with Gasteiger partial charge in [-0.1, -0.05) is 17.7 Å². The largest absolute Gasteiger partial charge is 0.444 e. The maximum absolute atomic E-state index is 13.3. The molecular formula is C23H33N5O3. The molecule has 1 N–H and O–H groups in total. The first kappa shape index (κ1) is 22.7. The summed E-state index contributed by atoms with van der Waals surface area (Å²) in [5, 5.41) is 3.08. The first-order valence-electron chi connectivity index (χ1n) is 10.6. The number of carbonyl (C=O) groups excluding carboxylic acids is 2. The zero-order chi connectivity index (χ0) is 22.9. The second-order valence-corrected chi connectivity index (χ2v) is 9.24. The zero-order valence-electron chi connectivity index (χ0n) is 19.5. The SMILES string of the molecule is Cc1cc(C)c(NC(=O)N2CCN(C(=O)OC(C)(C)C)C[C@@H]2c2nccn2C)c(C)c1. The summed E-state index contributed by atoms with van der Waals surface area (Å²) in [6.45, 7) is 12.7. The van der Waals surface area contributed by atoms with Gasteiger partial charge in [-0.05, 0) is 52.7 Å². The molecule has 8 heteroatoms. The molecule has 0 saturated carbocycles. The lowest BCUT2D eigenvalue weighted by Crippen LogP contribution is -2.54. The molecule has 1 aliphatic rings. The summed E-state index contributed by atoms with van der Waals surface area (Å²) in [6, 6.07) is 3.53. The van der Waals surface area contributed by atoms with Crippen LogP contribution >= 0.6 is 0 Å². The Hall–Kier alpha value is -3.03. The van der Waals surface area contributed by atoms with Crippen molar-refractivity contribution < 1.29 is 14.3 Å². The molecule has 0 bridgehead atoms. The molecule has 1 aromatic heterocycles. The van der Waals surface area contributed by atoms with Crippen LogP contribution in [0.2, 0.25) is 0 Å². The van der Waals surface area contributed by atoms with Crippen LogP contribution in [0.4, 0.5) is 15.3 Å². The molecule has 1 saturated heterocycles. The highest BCUT2D eigenvalue weighted by Crippen LogP contribution is 2.28. The van der Waals surface area contributed by atoms with E-state index in [2.05, 4.69) is 22.4 Å². The first-order valence-corrected chi connectivity index (χ1v) is 10.6. The van der Waals surface area contributed by atoms with Gasteiger partial charge in [-0.15, -0.1) is 0 Å². The van der Waals surface area contributed by atoms with E-state index in [0.717, 1.165) is 28.2 Å². The summed E-state index contributed by atoms with van der Waals surface area (Å²) >= 11 is 0. The fourth-order valence-electron chi connectivity index (χ4n) is 3.99. The predicted molar refractivity (Wildman–Crippen MR) is 120 cm³/mol. The van der Waals surface area contributed by atoms with Gasteiger partial charge in [0.2, 0.25) is 0 Å². The molecule has 3 rings (SSSR count). The van der Waals surface area contributed by atoms with Crippen LogP contribution in [0.15, 0.2) is 24.5 Å². The average Bonchev–Trinajstić information content (AvgIpc) is 3.08. The number of anilines is 1. The van der Waals surface area contributed by atoms with Gasteiger partial charge in [0.05, 0.1) is 6.54 Å². The van der Waals surface area contributed by atoms with Crippen molar-refractivity contribution in [2.24, 2.45) is 7.05 Å². The van der Waals surface area contributed by atoms with Crippen molar-refractivity contribution in [2.75, 3.05) is 25.0 Å². The Bertz CT molecular complexity index is 953. The van der Waals surface area contributed by atoms with Crippen LogP contribution in [-0.2, 0) is 11.8 Å².